The van der Waals surface area contributed by atoms with Crippen LogP contribution < -0.4 is 15.4 Å². The van der Waals surface area contributed by atoms with Crippen molar-refractivity contribution < 1.29 is 19.7 Å². The van der Waals surface area contributed by atoms with Gasteiger partial charge in [0.1, 0.15) is 5.75 Å². The van der Waals surface area contributed by atoms with Crippen molar-refractivity contribution in [2.75, 3.05) is 44.0 Å². The van der Waals surface area contributed by atoms with E-state index in [-0.39, 0.29) is 13.2 Å². The van der Waals surface area contributed by atoms with Gasteiger partial charge in [-0.1, -0.05) is 0 Å². The van der Waals surface area contributed by atoms with Crippen LogP contribution in [0.3, 0.4) is 0 Å². The first-order valence-electron chi connectivity index (χ1n) is 7.64. The fraction of sp³-hybridized carbons (Fsp3) is 0.278. The first-order chi connectivity index (χ1) is 11.6. The summed E-state index contributed by atoms with van der Waals surface area (Å²) in [5.74, 6) is 0.625. The van der Waals surface area contributed by atoms with Gasteiger partial charge in [-0.3, -0.25) is 4.79 Å². The molecular formula is C18H22N2O4. The molecule has 0 atom stereocenters. The lowest BCUT2D eigenvalue weighted by molar-refractivity contribution is 0.112. The molecular weight excluding hydrogens is 308 g/mol. The number of aliphatic hydroxyl groups is 2. The lowest BCUT2D eigenvalue weighted by Gasteiger charge is -2.26. The topological polar surface area (TPSA) is 96.0 Å². The van der Waals surface area contributed by atoms with Crippen molar-refractivity contribution in [1.82, 2.24) is 0 Å². The van der Waals surface area contributed by atoms with E-state index in [1.165, 1.54) is 0 Å². The Hall–Kier alpha value is -2.57. The molecule has 6 nitrogen and oxygen atoms in total. The summed E-state index contributed by atoms with van der Waals surface area (Å²) in [4.78, 5) is 13.3. The summed E-state index contributed by atoms with van der Waals surface area (Å²) in [6.07, 6.45) is 0.782. The van der Waals surface area contributed by atoms with E-state index < -0.39 is 0 Å². The van der Waals surface area contributed by atoms with Gasteiger partial charge in [0.15, 0.2) is 6.29 Å². The van der Waals surface area contributed by atoms with Gasteiger partial charge in [-0.25, -0.2) is 0 Å². The smallest absolute Gasteiger partial charge is 0.150 e. The number of aliphatic hydroxyl groups excluding tert-OH is 2. The quantitative estimate of drug-likeness (QED) is 0.502. The highest BCUT2D eigenvalue weighted by Gasteiger charge is 2.16. The van der Waals surface area contributed by atoms with E-state index in [1.807, 2.05) is 11.0 Å². The third-order valence-corrected chi connectivity index (χ3v) is 3.78. The molecule has 0 spiro atoms. The van der Waals surface area contributed by atoms with Crippen LogP contribution in [0, 0.1) is 0 Å². The molecule has 2 rings (SSSR count). The number of ether oxygens (including phenoxy) is 1. The summed E-state index contributed by atoms with van der Waals surface area (Å²) < 4.78 is 5.26. The predicted molar refractivity (Wildman–Crippen MR) is 94.6 cm³/mol. The molecule has 0 amide bonds. The molecule has 0 aliphatic carbocycles. The number of hydrogen-bond acceptors (Lipinski definition) is 6. The summed E-state index contributed by atoms with van der Waals surface area (Å²) in [5, 5.41) is 18.6. The number of nitrogen functional groups attached to an aromatic ring is 1. The minimum atomic E-state index is -0.0531. The molecule has 0 radical (unpaired) electrons. The third-order valence-electron chi connectivity index (χ3n) is 3.78. The maximum atomic E-state index is 11.5. The molecule has 4 N–H and O–H groups in total. The summed E-state index contributed by atoms with van der Waals surface area (Å²) in [5.41, 5.74) is 9.22. The molecule has 0 aliphatic rings. The Kier molecular flexibility index (Phi) is 6.17. The lowest BCUT2D eigenvalue weighted by atomic mass is 9.97. The number of benzene rings is 2. The molecule has 0 unspecified atom stereocenters. The van der Waals surface area contributed by atoms with Gasteiger partial charge in [0.25, 0.3) is 0 Å². The highest BCUT2D eigenvalue weighted by atomic mass is 16.5. The molecule has 128 valence electrons. The molecule has 0 heterocycles. The van der Waals surface area contributed by atoms with Crippen molar-refractivity contribution >= 4 is 17.7 Å². The Balaban J connectivity index is 2.64. The molecule has 0 saturated carbocycles. The van der Waals surface area contributed by atoms with Gasteiger partial charge in [-0.05, 0) is 42.0 Å². The van der Waals surface area contributed by atoms with Gasteiger partial charge >= 0.3 is 0 Å². The average Bonchev–Trinajstić information content (AvgIpc) is 2.61. The van der Waals surface area contributed by atoms with Crippen molar-refractivity contribution in [3.05, 3.63) is 42.0 Å². The van der Waals surface area contributed by atoms with Crippen molar-refractivity contribution in [2.45, 2.75) is 0 Å². The number of carbonyl (C=O) groups is 1. The zero-order chi connectivity index (χ0) is 17.5. The normalized spacial score (nSPS) is 10.5. The van der Waals surface area contributed by atoms with E-state index >= 15 is 0 Å². The lowest BCUT2D eigenvalue weighted by Crippen LogP contribution is -2.30. The van der Waals surface area contributed by atoms with E-state index in [2.05, 4.69) is 0 Å². The number of aldehydes is 1. The molecule has 2 aromatic rings. The van der Waals surface area contributed by atoms with Crippen molar-refractivity contribution in [2.24, 2.45) is 0 Å². The second kappa shape index (κ2) is 8.33. The monoisotopic (exact) mass is 330 g/mol. The van der Waals surface area contributed by atoms with Crippen molar-refractivity contribution in [3.8, 4) is 16.9 Å². The van der Waals surface area contributed by atoms with Crippen LogP contribution in [0.5, 0.6) is 5.75 Å². The van der Waals surface area contributed by atoms with Gasteiger partial charge in [0, 0.05) is 35.6 Å². The summed E-state index contributed by atoms with van der Waals surface area (Å²) in [7, 11) is 1.56. The molecule has 0 saturated heterocycles. The Labute approximate surface area is 141 Å². The molecule has 0 bridgehead atoms. The van der Waals surface area contributed by atoms with Gasteiger partial charge in [0.05, 0.1) is 20.3 Å². The van der Waals surface area contributed by atoms with Crippen LogP contribution in [0.2, 0.25) is 0 Å². The fourth-order valence-electron chi connectivity index (χ4n) is 2.64. The fourth-order valence-corrected chi connectivity index (χ4v) is 2.64. The summed E-state index contributed by atoms with van der Waals surface area (Å²) in [6, 6.07) is 10.5. The third kappa shape index (κ3) is 3.84. The van der Waals surface area contributed by atoms with E-state index in [0.717, 1.165) is 17.5 Å². The number of rotatable bonds is 8. The molecule has 0 fully saturated rings. The van der Waals surface area contributed by atoms with Gasteiger partial charge < -0.3 is 25.6 Å². The summed E-state index contributed by atoms with van der Waals surface area (Å²) >= 11 is 0. The first-order valence-corrected chi connectivity index (χ1v) is 7.64. The number of nitrogens with two attached hydrogens (primary N) is 1. The number of anilines is 2. The van der Waals surface area contributed by atoms with Crippen LogP contribution in [0.1, 0.15) is 10.4 Å². The number of methoxy groups -OCH3 is 1. The largest absolute Gasteiger partial charge is 0.497 e. The molecule has 0 aromatic heterocycles. The maximum absolute atomic E-state index is 11.5. The Bertz CT molecular complexity index is 697. The standard InChI is InChI=1S/C18H22N2O4/c1-24-15-4-2-13(12-23)16(11-15)17-10-14(19)3-5-18(17)20(6-8-21)7-9-22/h2-5,10-12,21-22H,6-9,19H2,1H3. The zero-order valence-electron chi connectivity index (χ0n) is 13.6. The maximum Gasteiger partial charge on any atom is 0.150 e. The van der Waals surface area contributed by atoms with Crippen LogP contribution in [-0.2, 0) is 0 Å². The Morgan fingerprint density at radius 2 is 1.79 bits per heavy atom. The van der Waals surface area contributed by atoms with Crippen LogP contribution in [-0.4, -0.2) is 49.9 Å². The zero-order valence-corrected chi connectivity index (χ0v) is 13.6. The van der Waals surface area contributed by atoms with Crippen LogP contribution >= 0.6 is 0 Å². The highest BCUT2D eigenvalue weighted by molar-refractivity contribution is 5.93. The first kappa shape index (κ1) is 17.8. The molecule has 24 heavy (non-hydrogen) atoms. The molecule has 0 aliphatic heterocycles. The van der Waals surface area contributed by atoms with Crippen LogP contribution in [0.4, 0.5) is 11.4 Å². The number of carbonyl (C=O) groups excluding carboxylic acids is 1. The second-order valence-electron chi connectivity index (χ2n) is 5.28. The number of hydrogen-bond donors (Lipinski definition) is 3. The molecule has 2 aromatic carbocycles. The SMILES string of the molecule is COc1ccc(C=O)c(-c2cc(N)ccc2N(CCO)CCO)c1. The van der Waals surface area contributed by atoms with Gasteiger partial charge in [-0.15, -0.1) is 0 Å². The Morgan fingerprint density at radius 3 is 2.38 bits per heavy atom. The van der Waals surface area contributed by atoms with Gasteiger partial charge in [0.2, 0.25) is 0 Å². The number of nitrogens with zero attached hydrogens (tertiary/aromatic N) is 1. The Morgan fingerprint density at radius 1 is 1.08 bits per heavy atom. The predicted octanol–water partition coefficient (Wildman–Crippen LogP) is 1.55. The van der Waals surface area contributed by atoms with E-state index in [1.54, 1.807) is 37.4 Å². The van der Waals surface area contributed by atoms with Crippen molar-refractivity contribution in [3.63, 3.8) is 0 Å². The molecule has 6 heteroatoms. The van der Waals surface area contributed by atoms with Crippen LogP contribution in [0.15, 0.2) is 36.4 Å². The highest BCUT2D eigenvalue weighted by Crippen LogP contribution is 2.36. The van der Waals surface area contributed by atoms with E-state index in [9.17, 15) is 15.0 Å². The summed E-state index contributed by atoms with van der Waals surface area (Å²) in [6.45, 7) is 0.612. The average molecular weight is 330 g/mol. The minimum Gasteiger partial charge on any atom is -0.497 e. The van der Waals surface area contributed by atoms with Gasteiger partial charge in [-0.2, -0.15) is 0 Å². The minimum absolute atomic E-state index is 0.0531. The van der Waals surface area contributed by atoms with Crippen LogP contribution in [0.25, 0.3) is 11.1 Å². The van der Waals surface area contributed by atoms with E-state index in [0.29, 0.717) is 35.7 Å². The van der Waals surface area contributed by atoms with Crippen molar-refractivity contribution in [1.29, 1.82) is 0 Å². The second-order valence-corrected chi connectivity index (χ2v) is 5.28. The van der Waals surface area contributed by atoms with E-state index in [4.69, 9.17) is 10.5 Å².